The number of Topliss-reactive ketones (excluding diaryl/α,β-unsaturated/α-hetero) is 1. The molecule has 3 saturated carbocycles. The number of alkyl halides is 2. The number of hydrogen-bond donors (Lipinski definition) is 6. The van der Waals surface area contributed by atoms with Crippen LogP contribution in [0.15, 0.2) is 23.8 Å². The van der Waals surface area contributed by atoms with Crippen LogP contribution in [0.2, 0.25) is 0 Å². The molecule has 5 aliphatic rings. The van der Waals surface area contributed by atoms with Gasteiger partial charge in [0, 0.05) is 23.2 Å². The molecule has 338 valence electrons. The van der Waals surface area contributed by atoms with Crippen LogP contribution in [0.4, 0.5) is 13.6 Å². The van der Waals surface area contributed by atoms with Crippen LogP contribution >= 0.6 is 0 Å². The minimum absolute atomic E-state index is 0.0409. The third kappa shape index (κ3) is 9.43. The van der Waals surface area contributed by atoms with Gasteiger partial charge in [0.25, 0.3) is 0 Å². The zero-order valence-electron chi connectivity index (χ0n) is 33.9. The second kappa shape index (κ2) is 18.8. The van der Waals surface area contributed by atoms with E-state index < -0.39 is 118 Å². The van der Waals surface area contributed by atoms with E-state index in [0.717, 1.165) is 12.2 Å². The smallest absolute Gasteiger partial charge is 0.464 e. The molecular formula is C38H55F2N3O17. The number of carbonyl (C=O) groups excluding carboxylic acids is 5. The molecule has 0 aromatic heterocycles. The number of allylic oxidation sites excluding steroid dienone is 4. The number of ether oxygens (including phenoxy) is 5. The van der Waals surface area contributed by atoms with Gasteiger partial charge >= 0.3 is 12.1 Å². The molecule has 5 rings (SSSR count). The first-order valence-corrected chi connectivity index (χ1v) is 19.9. The fraction of sp³-hybridized carbons (Fsp3) is 0.763. The Morgan fingerprint density at radius 3 is 2.23 bits per heavy atom. The molecule has 0 radical (unpaired) electrons. The van der Waals surface area contributed by atoms with Crippen LogP contribution in [0.3, 0.4) is 0 Å². The van der Waals surface area contributed by atoms with Crippen molar-refractivity contribution in [3.8, 4) is 0 Å². The number of rotatable bonds is 20. The minimum Gasteiger partial charge on any atom is -0.464 e. The molecular weight excluding hydrogens is 808 g/mol. The second-order valence-electron chi connectivity index (χ2n) is 16.7. The molecule has 1 amide bonds. The Hall–Kier alpha value is -3.55. The van der Waals surface area contributed by atoms with Crippen molar-refractivity contribution in [2.75, 3.05) is 33.0 Å². The lowest BCUT2D eigenvalue weighted by Gasteiger charge is -2.63. The number of ketones is 2. The van der Waals surface area contributed by atoms with E-state index in [1.54, 1.807) is 20.8 Å². The Balaban J connectivity index is 1.25. The fourth-order valence-electron chi connectivity index (χ4n) is 10.00. The van der Waals surface area contributed by atoms with Crippen LogP contribution < -0.4 is 5.32 Å². The highest BCUT2D eigenvalue weighted by atomic mass is 19.1. The van der Waals surface area contributed by atoms with E-state index in [9.17, 15) is 29.1 Å². The maximum atomic E-state index is 17.7. The van der Waals surface area contributed by atoms with Crippen LogP contribution in [-0.2, 0) is 52.5 Å². The van der Waals surface area contributed by atoms with Crippen LogP contribution in [0.1, 0.15) is 85.5 Å². The van der Waals surface area contributed by atoms with Crippen molar-refractivity contribution in [2.45, 2.75) is 127 Å². The molecule has 1 aliphatic heterocycles. The highest BCUT2D eigenvalue weighted by Gasteiger charge is 2.80. The van der Waals surface area contributed by atoms with E-state index in [-0.39, 0.29) is 63.9 Å². The Labute approximate surface area is 344 Å². The minimum atomic E-state index is -2.43. The van der Waals surface area contributed by atoms with Gasteiger partial charge < -0.3 is 34.1 Å². The normalized spacial score (nSPS) is 34.2. The zero-order chi connectivity index (χ0) is 44.3. The number of unbranched alkanes of at least 4 members (excludes halogenated alkanes) is 3. The SMILES string of the molecule is CC1(C)O[C@@H]2CC3C4C[C@H](F)C5=CC(=O)C=C[C@]5(C)[C@@]4(F)[C@@H](O)C[C@]3(C)[C@]2(C(=O)COC(=O)OCC(NC(=O)CCCCCON(O)O)C(=O)OCCCCON(O)O)O1. The lowest BCUT2D eigenvalue weighted by atomic mass is 9.44. The first-order valence-electron chi connectivity index (χ1n) is 19.9. The number of hydrogen-bond acceptors (Lipinski definition) is 19. The van der Waals surface area contributed by atoms with E-state index in [1.807, 2.05) is 0 Å². The predicted molar refractivity (Wildman–Crippen MR) is 192 cm³/mol. The summed E-state index contributed by atoms with van der Waals surface area (Å²) in [5.74, 6) is -6.16. The van der Waals surface area contributed by atoms with E-state index in [2.05, 4.69) is 15.0 Å². The number of aliphatic hydroxyl groups excluding tert-OH is 1. The van der Waals surface area contributed by atoms with Crippen molar-refractivity contribution < 1.29 is 92.0 Å². The summed E-state index contributed by atoms with van der Waals surface area (Å²) in [4.78, 5) is 74.1. The molecule has 10 atom stereocenters. The summed E-state index contributed by atoms with van der Waals surface area (Å²) < 4.78 is 61.8. The van der Waals surface area contributed by atoms with Crippen molar-refractivity contribution in [3.63, 3.8) is 0 Å². The largest absolute Gasteiger partial charge is 0.508 e. The number of halogens is 2. The lowest BCUT2D eigenvalue weighted by molar-refractivity contribution is -0.492. The summed E-state index contributed by atoms with van der Waals surface area (Å²) >= 11 is 0. The molecule has 6 N–H and O–H groups in total. The van der Waals surface area contributed by atoms with Crippen LogP contribution in [0, 0.1) is 22.7 Å². The van der Waals surface area contributed by atoms with E-state index in [1.165, 1.54) is 13.0 Å². The monoisotopic (exact) mass is 863 g/mol. The average molecular weight is 864 g/mol. The molecule has 1 saturated heterocycles. The van der Waals surface area contributed by atoms with Gasteiger partial charge in [0.15, 0.2) is 35.5 Å². The lowest BCUT2D eigenvalue weighted by Crippen LogP contribution is -2.71. The van der Waals surface area contributed by atoms with E-state index in [0.29, 0.717) is 19.3 Å². The number of nitrogens with one attached hydrogen (secondary N) is 1. The van der Waals surface area contributed by atoms with Crippen molar-refractivity contribution in [1.29, 1.82) is 0 Å². The number of nitrogens with zero attached hydrogens (tertiary/aromatic N) is 2. The molecule has 22 heteroatoms. The quantitative estimate of drug-likeness (QED) is 0.0583. The summed E-state index contributed by atoms with van der Waals surface area (Å²) in [7, 11) is 0. The van der Waals surface area contributed by atoms with Gasteiger partial charge in [0.2, 0.25) is 11.7 Å². The summed E-state index contributed by atoms with van der Waals surface area (Å²) in [6.07, 6.45) is -1.52. The van der Waals surface area contributed by atoms with Gasteiger partial charge in [-0.25, -0.2) is 18.4 Å². The molecule has 0 aromatic rings. The molecule has 4 fully saturated rings. The molecule has 4 aliphatic carbocycles. The number of aliphatic hydroxyl groups is 1. The summed E-state index contributed by atoms with van der Waals surface area (Å²) in [5, 5.41) is 47.7. The Bertz CT molecular complexity index is 1680. The first-order chi connectivity index (χ1) is 28.1. The molecule has 0 bridgehead atoms. The predicted octanol–water partition coefficient (Wildman–Crippen LogP) is 2.92. The number of amides is 1. The molecule has 20 nitrogen and oxygen atoms in total. The van der Waals surface area contributed by atoms with Crippen molar-refractivity contribution in [3.05, 3.63) is 23.8 Å². The van der Waals surface area contributed by atoms with Gasteiger partial charge in [-0.1, -0.05) is 19.4 Å². The maximum absolute atomic E-state index is 17.7. The van der Waals surface area contributed by atoms with Gasteiger partial charge in [-0.05, 0) is 89.4 Å². The molecule has 0 spiro atoms. The average Bonchev–Trinajstić information content (AvgIpc) is 3.58. The standard InChI is InChI=1S/C38H55F2N3O17/c1-34(2)59-30-18-23-24-17-26(39)25-16-22(44)11-12-35(25,3)37(24,40)28(45)19-36(23,4)38(30,60-34)29(46)21-56-33(49)55-20-27(32(48)54-13-8-9-15-58-43(52)53)41-31(47)10-6-5-7-14-57-42(50)51/h11-12,16,23-24,26-28,30,45,50-53H,5-10,13-15,17-21H2,1-4H3,(H,41,47)/t23?,24?,26-,27?,28-,30+,35-,36-,37-,38+/m0/s1. The van der Waals surface area contributed by atoms with E-state index in [4.69, 9.17) is 44.5 Å². The fourth-order valence-corrected chi connectivity index (χ4v) is 10.00. The summed E-state index contributed by atoms with van der Waals surface area (Å²) in [5.41, 5.74) is -7.41. The zero-order valence-corrected chi connectivity index (χ0v) is 33.9. The molecule has 60 heavy (non-hydrogen) atoms. The second-order valence-corrected chi connectivity index (χ2v) is 16.7. The third-order valence-electron chi connectivity index (χ3n) is 12.6. The highest BCUT2D eigenvalue weighted by Crippen LogP contribution is 2.72. The molecule has 0 aromatic carbocycles. The molecule has 1 heterocycles. The van der Waals surface area contributed by atoms with Gasteiger partial charge in [-0.2, -0.15) is 0 Å². The number of fused-ring (bicyclic) bond motifs is 7. The third-order valence-corrected chi connectivity index (χ3v) is 12.6. The van der Waals surface area contributed by atoms with E-state index >= 15 is 8.78 Å². The highest BCUT2D eigenvalue weighted by molar-refractivity contribution is 6.01. The van der Waals surface area contributed by atoms with Crippen molar-refractivity contribution in [2.24, 2.45) is 22.7 Å². The van der Waals surface area contributed by atoms with Crippen LogP contribution in [0.25, 0.3) is 0 Å². The van der Waals surface area contributed by atoms with Crippen LogP contribution in [-0.4, -0.2) is 141 Å². The van der Waals surface area contributed by atoms with Gasteiger partial charge in [-0.15, -0.1) is 0 Å². The Morgan fingerprint density at radius 2 is 1.57 bits per heavy atom. The number of carbonyl (C=O) groups is 5. The van der Waals surface area contributed by atoms with Crippen molar-refractivity contribution >= 4 is 29.6 Å². The van der Waals surface area contributed by atoms with Gasteiger partial charge in [0.05, 0.1) is 42.8 Å². The molecule has 3 unspecified atom stereocenters. The first kappa shape index (κ1) is 47.5. The summed E-state index contributed by atoms with van der Waals surface area (Å²) in [6.45, 7) is 4.17. The summed E-state index contributed by atoms with van der Waals surface area (Å²) in [6, 6.07) is -1.53. The van der Waals surface area contributed by atoms with Gasteiger partial charge in [-0.3, -0.25) is 44.9 Å². The van der Waals surface area contributed by atoms with Crippen LogP contribution in [0.5, 0.6) is 0 Å². The topological polar surface area (TPSA) is 270 Å². The number of esters is 1. The maximum Gasteiger partial charge on any atom is 0.508 e. The Morgan fingerprint density at radius 1 is 0.917 bits per heavy atom. The van der Waals surface area contributed by atoms with Crippen molar-refractivity contribution in [1.82, 2.24) is 16.1 Å². The van der Waals surface area contributed by atoms with Gasteiger partial charge in [0.1, 0.15) is 12.8 Å². The Kier molecular flexibility index (Phi) is 14.9.